The van der Waals surface area contributed by atoms with Crippen LogP contribution in [-0.4, -0.2) is 20.1 Å². The lowest BCUT2D eigenvalue weighted by molar-refractivity contribution is 0.410. The minimum absolute atomic E-state index is 0.0561. The summed E-state index contributed by atoms with van der Waals surface area (Å²) in [5, 5.41) is 13.5. The van der Waals surface area contributed by atoms with Crippen molar-refractivity contribution >= 4 is 11.5 Å². The molecule has 0 spiro atoms. The lowest BCUT2D eigenvalue weighted by atomic mass is 10.2. The molecule has 0 bridgehead atoms. The molecule has 138 valence electrons. The first-order valence-electron chi connectivity index (χ1n) is 8.39. The van der Waals surface area contributed by atoms with Gasteiger partial charge < -0.3 is 10.4 Å². The van der Waals surface area contributed by atoms with Gasteiger partial charge in [-0.25, -0.2) is 4.79 Å². The summed E-state index contributed by atoms with van der Waals surface area (Å²) in [5.41, 5.74) is 0.374. The molecule has 7 nitrogen and oxygen atoms in total. The van der Waals surface area contributed by atoms with Crippen LogP contribution in [0.1, 0.15) is 11.1 Å². The summed E-state index contributed by atoms with van der Waals surface area (Å²) in [6.07, 6.45) is 0. The first-order valence-corrected chi connectivity index (χ1v) is 8.39. The molecule has 0 amide bonds. The lowest BCUT2D eigenvalue weighted by Gasteiger charge is -2.14. The van der Waals surface area contributed by atoms with Crippen molar-refractivity contribution in [3.63, 3.8) is 0 Å². The Morgan fingerprint density at radius 2 is 1.56 bits per heavy atom. The highest BCUT2D eigenvalue weighted by atomic mass is 16.3. The fourth-order valence-corrected chi connectivity index (χ4v) is 2.63. The molecule has 0 fully saturated rings. The van der Waals surface area contributed by atoms with Crippen LogP contribution in [0.3, 0.4) is 0 Å². The van der Waals surface area contributed by atoms with Crippen LogP contribution in [0.5, 0.6) is 5.88 Å². The van der Waals surface area contributed by atoms with Gasteiger partial charge in [0.15, 0.2) is 0 Å². The first-order chi connectivity index (χ1) is 13.0. The monoisotopic (exact) mass is 364 g/mol. The number of aromatic nitrogens is 2. The van der Waals surface area contributed by atoms with Gasteiger partial charge in [0.2, 0.25) is 5.88 Å². The summed E-state index contributed by atoms with van der Waals surface area (Å²) in [6.45, 7) is 0.307. The predicted octanol–water partition coefficient (Wildman–Crippen LogP) is 1.85. The fourth-order valence-electron chi connectivity index (χ4n) is 2.63. The average Bonchev–Trinajstić information content (AvgIpc) is 2.70. The van der Waals surface area contributed by atoms with Crippen molar-refractivity contribution in [1.29, 1.82) is 0 Å². The SMILES string of the molecule is Cn1c(O)c(C(=NCc2ccccc2)Nc2ccccc2)c(=O)n(C)c1=O. The molecule has 0 atom stereocenters. The second-order valence-electron chi connectivity index (χ2n) is 6.05. The molecule has 0 radical (unpaired) electrons. The van der Waals surface area contributed by atoms with Crippen molar-refractivity contribution in [2.45, 2.75) is 6.54 Å². The number of amidine groups is 1. The highest BCUT2D eigenvalue weighted by Crippen LogP contribution is 2.15. The third-order valence-electron chi connectivity index (χ3n) is 4.17. The Morgan fingerprint density at radius 1 is 0.963 bits per heavy atom. The Bertz CT molecular complexity index is 1080. The summed E-state index contributed by atoms with van der Waals surface area (Å²) < 4.78 is 1.96. The summed E-state index contributed by atoms with van der Waals surface area (Å²) in [5.74, 6) is -0.239. The summed E-state index contributed by atoms with van der Waals surface area (Å²) >= 11 is 0. The van der Waals surface area contributed by atoms with E-state index in [9.17, 15) is 14.7 Å². The van der Waals surface area contributed by atoms with E-state index in [2.05, 4.69) is 10.3 Å². The van der Waals surface area contributed by atoms with E-state index in [1.54, 1.807) is 0 Å². The van der Waals surface area contributed by atoms with Gasteiger partial charge in [-0.1, -0.05) is 48.5 Å². The van der Waals surface area contributed by atoms with Crippen molar-refractivity contribution in [3.8, 4) is 5.88 Å². The van der Waals surface area contributed by atoms with Gasteiger partial charge in [-0.2, -0.15) is 0 Å². The predicted molar refractivity (Wildman–Crippen MR) is 105 cm³/mol. The van der Waals surface area contributed by atoms with Crippen LogP contribution in [0.25, 0.3) is 0 Å². The number of nitrogens with zero attached hydrogens (tertiary/aromatic N) is 3. The lowest BCUT2D eigenvalue weighted by Crippen LogP contribution is -2.41. The van der Waals surface area contributed by atoms with Gasteiger partial charge in [0.25, 0.3) is 5.56 Å². The molecule has 0 unspecified atom stereocenters. The maximum absolute atomic E-state index is 12.7. The Kier molecular flexibility index (Phi) is 5.21. The first kappa shape index (κ1) is 18.2. The van der Waals surface area contributed by atoms with E-state index in [4.69, 9.17) is 0 Å². The van der Waals surface area contributed by atoms with Gasteiger partial charge in [-0.05, 0) is 17.7 Å². The molecule has 1 heterocycles. The number of nitrogens with one attached hydrogen (secondary N) is 1. The highest BCUT2D eigenvalue weighted by molar-refractivity contribution is 6.09. The van der Waals surface area contributed by atoms with Crippen LogP contribution in [0.2, 0.25) is 0 Å². The zero-order chi connectivity index (χ0) is 19.4. The number of hydrogen-bond acceptors (Lipinski definition) is 4. The van der Waals surface area contributed by atoms with Crippen molar-refractivity contribution in [2.75, 3.05) is 5.32 Å². The van der Waals surface area contributed by atoms with Crippen LogP contribution in [0, 0.1) is 0 Å². The van der Waals surface area contributed by atoms with E-state index in [1.807, 2.05) is 60.7 Å². The van der Waals surface area contributed by atoms with Crippen LogP contribution in [-0.2, 0) is 20.6 Å². The molecule has 27 heavy (non-hydrogen) atoms. The van der Waals surface area contributed by atoms with Gasteiger partial charge in [0.1, 0.15) is 11.4 Å². The van der Waals surface area contributed by atoms with Crippen LogP contribution < -0.4 is 16.6 Å². The third-order valence-corrected chi connectivity index (χ3v) is 4.17. The largest absolute Gasteiger partial charge is 0.494 e. The van der Waals surface area contributed by atoms with Gasteiger partial charge >= 0.3 is 5.69 Å². The molecular weight excluding hydrogens is 344 g/mol. The Morgan fingerprint density at radius 3 is 2.19 bits per heavy atom. The second kappa shape index (κ2) is 7.74. The maximum Gasteiger partial charge on any atom is 0.333 e. The van der Waals surface area contributed by atoms with Crippen molar-refractivity contribution in [3.05, 3.63) is 92.6 Å². The zero-order valence-electron chi connectivity index (χ0n) is 15.1. The van der Waals surface area contributed by atoms with Gasteiger partial charge in [-0.3, -0.25) is 18.9 Å². The molecule has 1 aromatic heterocycles. The van der Waals surface area contributed by atoms with Crippen molar-refractivity contribution in [2.24, 2.45) is 19.1 Å². The molecule has 2 N–H and O–H groups in total. The van der Waals surface area contributed by atoms with E-state index in [1.165, 1.54) is 14.1 Å². The molecule has 3 rings (SSSR count). The van der Waals surface area contributed by atoms with E-state index in [-0.39, 0.29) is 11.4 Å². The van der Waals surface area contributed by atoms with Crippen molar-refractivity contribution in [1.82, 2.24) is 9.13 Å². The molecule has 0 saturated heterocycles. The number of anilines is 1. The maximum atomic E-state index is 12.7. The zero-order valence-corrected chi connectivity index (χ0v) is 15.1. The molecule has 0 saturated carbocycles. The fraction of sp³-hybridized carbons (Fsp3) is 0.150. The van der Waals surface area contributed by atoms with E-state index in [0.717, 1.165) is 14.7 Å². The Hall–Kier alpha value is -3.61. The Labute approximate surface area is 155 Å². The third kappa shape index (κ3) is 3.82. The second-order valence-corrected chi connectivity index (χ2v) is 6.05. The topological polar surface area (TPSA) is 88.6 Å². The quantitative estimate of drug-likeness (QED) is 0.546. The molecule has 3 aromatic rings. The molecule has 0 aliphatic heterocycles. The van der Waals surface area contributed by atoms with Gasteiger partial charge in [0, 0.05) is 19.8 Å². The summed E-state index contributed by atoms with van der Waals surface area (Å²) in [4.78, 5) is 29.2. The number of benzene rings is 2. The standard InChI is InChI=1S/C20H20N4O3/c1-23-18(25)16(19(26)24(2)20(23)27)17(22-15-11-7-4-8-12-15)21-13-14-9-5-3-6-10-14/h3-12,25H,13H2,1-2H3,(H,21,22). The Balaban J connectivity index is 2.13. The normalized spacial score (nSPS) is 11.4. The van der Waals surface area contributed by atoms with Gasteiger partial charge in [0.05, 0.1) is 6.54 Å². The molecule has 0 aliphatic carbocycles. The summed E-state index contributed by atoms with van der Waals surface area (Å²) in [7, 11) is 2.77. The van der Waals surface area contributed by atoms with Crippen LogP contribution in [0.4, 0.5) is 5.69 Å². The average molecular weight is 364 g/mol. The van der Waals surface area contributed by atoms with E-state index in [0.29, 0.717) is 12.2 Å². The summed E-state index contributed by atoms with van der Waals surface area (Å²) in [6, 6.07) is 18.7. The van der Waals surface area contributed by atoms with E-state index >= 15 is 0 Å². The highest BCUT2D eigenvalue weighted by Gasteiger charge is 2.20. The number of hydrogen-bond donors (Lipinski definition) is 2. The molecule has 0 aliphatic rings. The van der Waals surface area contributed by atoms with Gasteiger partial charge in [-0.15, -0.1) is 0 Å². The smallest absolute Gasteiger partial charge is 0.333 e. The minimum atomic E-state index is -0.620. The van der Waals surface area contributed by atoms with Crippen LogP contribution in [0.15, 0.2) is 75.2 Å². The number of para-hydroxylation sites is 1. The van der Waals surface area contributed by atoms with E-state index < -0.39 is 17.1 Å². The molecule has 7 heteroatoms. The van der Waals surface area contributed by atoms with Crippen molar-refractivity contribution < 1.29 is 5.11 Å². The van der Waals surface area contributed by atoms with Crippen LogP contribution >= 0.6 is 0 Å². The number of rotatable bonds is 4. The number of aliphatic imine (C=N–C) groups is 1. The number of aromatic hydroxyl groups is 1. The molecule has 2 aromatic carbocycles. The molecular formula is C20H20N4O3. The minimum Gasteiger partial charge on any atom is -0.494 e.